The van der Waals surface area contributed by atoms with Crippen LogP contribution in [-0.4, -0.2) is 19.3 Å². The highest BCUT2D eigenvalue weighted by atomic mass is 19.4. The summed E-state index contributed by atoms with van der Waals surface area (Å²) in [5.41, 5.74) is 0. The van der Waals surface area contributed by atoms with E-state index in [2.05, 4.69) is 0 Å². The molecule has 0 saturated heterocycles. The van der Waals surface area contributed by atoms with Crippen LogP contribution < -0.4 is 5.32 Å². The molecule has 1 nitrogen and oxygen atoms in total. The summed E-state index contributed by atoms with van der Waals surface area (Å²) < 4.78 is 54.9. The fourth-order valence-electron chi connectivity index (χ4n) is 0.193. The predicted molar refractivity (Wildman–Crippen MR) is 20.1 cm³/mol. The van der Waals surface area contributed by atoms with Crippen molar-refractivity contribution in [3.05, 3.63) is 0 Å². The van der Waals surface area contributed by atoms with Gasteiger partial charge >= 0.3 is 6.30 Å². The van der Waals surface area contributed by atoms with E-state index in [1.165, 1.54) is 0 Å². The topological polar surface area (TPSA) is 12.0 Å². The SMILES string of the molecule is FC(F)CNC(F)(F)F. The minimum Gasteiger partial charge on any atom is -0.222 e. The first kappa shape index (κ1) is 8.61. The van der Waals surface area contributed by atoms with Crippen molar-refractivity contribution < 1.29 is 22.0 Å². The molecule has 1 N–H and O–H groups in total. The second kappa shape index (κ2) is 2.95. The molecule has 0 aliphatic carbocycles. The zero-order valence-electron chi connectivity index (χ0n) is 4.17. The lowest BCUT2D eigenvalue weighted by molar-refractivity contribution is -0.161. The third-order valence-corrected chi connectivity index (χ3v) is 0.457. The molecule has 0 heterocycles. The summed E-state index contributed by atoms with van der Waals surface area (Å²) in [5.74, 6) is 0. The van der Waals surface area contributed by atoms with Crippen LogP contribution in [0.15, 0.2) is 0 Å². The molecule has 9 heavy (non-hydrogen) atoms. The second-order valence-corrected chi connectivity index (χ2v) is 1.27. The minimum atomic E-state index is -4.70. The predicted octanol–water partition coefficient (Wildman–Crippen LogP) is 1.36. The normalized spacial score (nSPS) is 12.7. The number of hydrogen-bond acceptors (Lipinski definition) is 1. The van der Waals surface area contributed by atoms with Gasteiger partial charge in [-0.05, 0) is 0 Å². The monoisotopic (exact) mass is 149 g/mol. The second-order valence-electron chi connectivity index (χ2n) is 1.27. The molecule has 0 bridgehead atoms. The van der Waals surface area contributed by atoms with Gasteiger partial charge in [0, 0.05) is 0 Å². The van der Waals surface area contributed by atoms with Gasteiger partial charge in [-0.1, -0.05) is 0 Å². The molecule has 0 fully saturated rings. The van der Waals surface area contributed by atoms with E-state index in [-0.39, 0.29) is 0 Å². The molecule has 0 amide bonds. The van der Waals surface area contributed by atoms with E-state index in [9.17, 15) is 22.0 Å². The number of halogens is 5. The van der Waals surface area contributed by atoms with E-state index in [0.29, 0.717) is 5.32 Å². The van der Waals surface area contributed by atoms with Crippen molar-refractivity contribution in [1.29, 1.82) is 0 Å². The number of alkyl halides is 5. The molecule has 56 valence electrons. The molecule has 0 saturated carbocycles. The summed E-state index contributed by atoms with van der Waals surface area (Å²) in [6.45, 7) is -1.34. The fraction of sp³-hybridized carbons (Fsp3) is 1.00. The van der Waals surface area contributed by atoms with Crippen molar-refractivity contribution in [1.82, 2.24) is 5.32 Å². The Morgan fingerprint density at radius 2 is 1.67 bits per heavy atom. The number of nitrogens with one attached hydrogen (secondary N) is 1. The Morgan fingerprint density at radius 3 is 1.78 bits per heavy atom. The third kappa shape index (κ3) is 7.61. The van der Waals surface area contributed by atoms with Gasteiger partial charge in [-0.15, -0.1) is 0 Å². The van der Waals surface area contributed by atoms with Crippen LogP contribution in [-0.2, 0) is 0 Å². The van der Waals surface area contributed by atoms with Crippen molar-refractivity contribution in [3.8, 4) is 0 Å². The molecule has 0 atom stereocenters. The number of hydrogen-bond donors (Lipinski definition) is 1. The zero-order chi connectivity index (χ0) is 7.49. The summed E-state index contributed by atoms with van der Waals surface area (Å²) in [7, 11) is 0. The maximum Gasteiger partial charge on any atom is 0.457 e. The summed E-state index contributed by atoms with van der Waals surface area (Å²) in [4.78, 5) is 0. The van der Waals surface area contributed by atoms with Crippen molar-refractivity contribution in [3.63, 3.8) is 0 Å². The lowest BCUT2D eigenvalue weighted by atomic mass is 10.7. The Morgan fingerprint density at radius 1 is 1.22 bits per heavy atom. The maximum atomic E-state index is 11.0. The molecule has 0 rings (SSSR count). The van der Waals surface area contributed by atoms with Gasteiger partial charge in [0.25, 0.3) is 6.43 Å². The van der Waals surface area contributed by atoms with Crippen molar-refractivity contribution in [2.24, 2.45) is 0 Å². The molecule has 0 radical (unpaired) electrons. The smallest absolute Gasteiger partial charge is 0.222 e. The molecule has 0 spiro atoms. The summed E-state index contributed by atoms with van der Waals surface area (Å²) in [5, 5.41) is 0.671. The van der Waals surface area contributed by atoms with E-state index >= 15 is 0 Å². The Balaban J connectivity index is 3.28. The highest BCUT2D eigenvalue weighted by Gasteiger charge is 2.27. The molecule has 0 aliphatic heterocycles. The molecule has 0 aromatic heterocycles. The Hall–Kier alpha value is -0.390. The first-order valence-corrected chi connectivity index (χ1v) is 2.02. The maximum absolute atomic E-state index is 11.0. The highest BCUT2D eigenvalue weighted by molar-refractivity contribution is 4.49. The van der Waals surface area contributed by atoms with E-state index in [1.807, 2.05) is 0 Å². The lowest BCUT2D eigenvalue weighted by Gasteiger charge is -2.06. The summed E-state index contributed by atoms with van der Waals surface area (Å²) in [6.07, 6.45) is -7.66. The lowest BCUT2D eigenvalue weighted by Crippen LogP contribution is -2.35. The van der Waals surface area contributed by atoms with Crippen LogP contribution in [0.4, 0.5) is 22.0 Å². The standard InChI is InChI=1S/C3H4F5N/c4-2(5)1-9-3(6,7)8/h2,9H,1H2. The largest absolute Gasteiger partial charge is 0.457 e. The van der Waals surface area contributed by atoms with Crippen LogP contribution in [0.25, 0.3) is 0 Å². The first-order chi connectivity index (χ1) is 3.92. The van der Waals surface area contributed by atoms with Crippen LogP contribution in [0.5, 0.6) is 0 Å². The van der Waals surface area contributed by atoms with Crippen LogP contribution in [0.1, 0.15) is 0 Å². The van der Waals surface area contributed by atoms with E-state index in [0.717, 1.165) is 0 Å². The quantitative estimate of drug-likeness (QED) is 0.461. The van der Waals surface area contributed by atoms with E-state index < -0.39 is 19.3 Å². The van der Waals surface area contributed by atoms with Crippen LogP contribution in [0.3, 0.4) is 0 Å². The van der Waals surface area contributed by atoms with Gasteiger partial charge in [0.15, 0.2) is 0 Å². The van der Waals surface area contributed by atoms with Crippen LogP contribution in [0, 0.1) is 0 Å². The van der Waals surface area contributed by atoms with Gasteiger partial charge in [-0.2, -0.15) is 13.2 Å². The zero-order valence-corrected chi connectivity index (χ0v) is 4.17. The molecular weight excluding hydrogens is 145 g/mol. The van der Waals surface area contributed by atoms with E-state index in [1.54, 1.807) is 0 Å². The highest BCUT2D eigenvalue weighted by Crippen LogP contribution is 2.09. The van der Waals surface area contributed by atoms with Crippen LogP contribution in [0.2, 0.25) is 0 Å². The molecule has 0 aromatic carbocycles. The third-order valence-electron chi connectivity index (χ3n) is 0.457. The molecule has 0 unspecified atom stereocenters. The van der Waals surface area contributed by atoms with E-state index in [4.69, 9.17) is 0 Å². The Labute approximate surface area is 47.8 Å². The van der Waals surface area contributed by atoms with Gasteiger partial charge in [0.05, 0.1) is 6.54 Å². The average Bonchev–Trinajstić information content (AvgIpc) is 1.59. The Kier molecular flexibility index (Phi) is 2.83. The van der Waals surface area contributed by atoms with Gasteiger partial charge in [0.1, 0.15) is 0 Å². The minimum absolute atomic E-state index is 0.671. The Bertz CT molecular complexity index is 76.8. The van der Waals surface area contributed by atoms with Crippen molar-refractivity contribution >= 4 is 0 Å². The summed E-state index contributed by atoms with van der Waals surface area (Å²) in [6, 6.07) is 0. The molecule has 0 aromatic rings. The van der Waals surface area contributed by atoms with Gasteiger partial charge in [-0.3, -0.25) is 0 Å². The average molecular weight is 149 g/mol. The van der Waals surface area contributed by atoms with Crippen molar-refractivity contribution in [2.75, 3.05) is 6.54 Å². The molecule has 6 heteroatoms. The van der Waals surface area contributed by atoms with Gasteiger partial charge in [0.2, 0.25) is 0 Å². The molecular formula is C3H4F5N. The summed E-state index contributed by atoms with van der Waals surface area (Å²) >= 11 is 0. The molecule has 0 aliphatic rings. The van der Waals surface area contributed by atoms with Gasteiger partial charge < -0.3 is 0 Å². The fourth-order valence-corrected chi connectivity index (χ4v) is 0.193. The van der Waals surface area contributed by atoms with Gasteiger partial charge in [-0.25, -0.2) is 14.1 Å². The van der Waals surface area contributed by atoms with Crippen molar-refractivity contribution in [2.45, 2.75) is 12.7 Å². The number of rotatable bonds is 2. The first-order valence-electron chi connectivity index (χ1n) is 2.02. The van der Waals surface area contributed by atoms with Crippen LogP contribution >= 0.6 is 0 Å².